The first-order valence-electron chi connectivity index (χ1n) is 18.6. The van der Waals surface area contributed by atoms with Crippen LogP contribution >= 0.6 is 30.9 Å². The minimum absolute atomic E-state index is 0.390. The fourth-order valence-electron chi connectivity index (χ4n) is 5.71. The van der Waals surface area contributed by atoms with E-state index in [-0.39, 0.29) is 0 Å². The van der Waals surface area contributed by atoms with Crippen molar-refractivity contribution in [2.24, 2.45) is 0 Å². The Balaban J connectivity index is 1.58. The molecule has 8 heteroatoms. The Hall–Kier alpha value is -3.14. The van der Waals surface area contributed by atoms with Gasteiger partial charge < -0.3 is 9.47 Å². The molecule has 0 radical (unpaired) electrons. The molecule has 0 amide bonds. The van der Waals surface area contributed by atoms with Crippen molar-refractivity contribution in [3.63, 3.8) is 0 Å². The zero-order valence-corrected chi connectivity index (χ0v) is 32.7. The first kappa shape index (κ1) is 39.6. The van der Waals surface area contributed by atoms with Gasteiger partial charge in [0.25, 0.3) is 0 Å². The van der Waals surface area contributed by atoms with Crippen LogP contribution in [-0.2, 0) is 4.57 Å². The van der Waals surface area contributed by atoms with Crippen LogP contribution in [0.25, 0.3) is 31.3 Å². The minimum atomic E-state index is -2.74. The molecule has 1 unspecified atom stereocenters. The van der Waals surface area contributed by atoms with Gasteiger partial charge in [0.15, 0.2) is 0 Å². The van der Waals surface area contributed by atoms with E-state index in [1.54, 1.807) is 17.4 Å². The molecular formula is C42H54O5PS2+. The molecule has 1 N–H and O–H groups in total. The maximum atomic E-state index is 11.4. The summed E-state index contributed by atoms with van der Waals surface area (Å²) in [5, 5.41) is 0.390. The Morgan fingerprint density at radius 1 is 0.620 bits per heavy atom. The Labute approximate surface area is 309 Å². The van der Waals surface area contributed by atoms with E-state index in [0.29, 0.717) is 18.3 Å². The van der Waals surface area contributed by atoms with Crippen LogP contribution < -0.4 is 14.0 Å². The highest BCUT2D eigenvalue weighted by Gasteiger charge is 2.21. The molecule has 4 aromatic rings. The highest BCUT2D eigenvalue weighted by molar-refractivity contribution is 7.33. The van der Waals surface area contributed by atoms with E-state index in [1.165, 1.54) is 86.0 Å². The zero-order chi connectivity index (χ0) is 35.4. The van der Waals surface area contributed by atoms with Crippen molar-refractivity contribution in [1.82, 2.24) is 0 Å². The van der Waals surface area contributed by atoms with Crippen LogP contribution in [0.3, 0.4) is 0 Å². The van der Waals surface area contributed by atoms with E-state index in [9.17, 15) is 9.46 Å². The van der Waals surface area contributed by atoms with Crippen molar-refractivity contribution in [1.29, 1.82) is 0 Å². The summed E-state index contributed by atoms with van der Waals surface area (Å²) in [7, 11) is -2.74. The van der Waals surface area contributed by atoms with Gasteiger partial charge in [0.05, 0.1) is 13.2 Å². The van der Waals surface area contributed by atoms with Crippen molar-refractivity contribution >= 4 is 30.9 Å². The van der Waals surface area contributed by atoms with Gasteiger partial charge in [-0.1, -0.05) is 127 Å². The van der Waals surface area contributed by atoms with E-state index in [0.717, 1.165) is 70.0 Å². The largest absolute Gasteiger partial charge is 0.748 e. The lowest BCUT2D eigenvalue weighted by atomic mass is 10.1. The number of unbranched alkanes of at least 4 members (excludes halogenated alkanes) is 12. The van der Waals surface area contributed by atoms with Gasteiger partial charge in [0.2, 0.25) is 5.06 Å². The first-order valence-corrected chi connectivity index (χ1v) is 21.4. The smallest absolute Gasteiger partial charge is 0.493 e. The fraction of sp³-hybridized carbons (Fsp3) is 0.476. The SMILES string of the molecule is CCCCCCCCC#Cc1ccc(-c2ccc(-c3cc(OCCCCCC)c(-c4ccc(O[P+](=O)O)s4)cc3OCCCCCC)s2)cc1. The van der Waals surface area contributed by atoms with Gasteiger partial charge >= 0.3 is 8.25 Å². The second-order valence-electron chi connectivity index (χ2n) is 12.7. The van der Waals surface area contributed by atoms with Crippen LogP contribution in [0.5, 0.6) is 16.6 Å². The molecule has 2 heterocycles. The Kier molecular flexibility index (Phi) is 17.9. The number of thiophene rings is 2. The Morgan fingerprint density at radius 3 is 1.74 bits per heavy atom. The molecule has 1 atom stereocenters. The summed E-state index contributed by atoms with van der Waals surface area (Å²) in [4.78, 5) is 12.5. The van der Waals surface area contributed by atoms with Crippen molar-refractivity contribution < 1.29 is 23.5 Å². The zero-order valence-electron chi connectivity index (χ0n) is 30.1. The lowest BCUT2D eigenvalue weighted by Gasteiger charge is -2.17. The van der Waals surface area contributed by atoms with Crippen LogP contribution in [0.15, 0.2) is 60.7 Å². The first-order chi connectivity index (χ1) is 24.5. The number of hydrogen-bond donors (Lipinski definition) is 1. The maximum absolute atomic E-state index is 11.4. The molecule has 0 saturated carbocycles. The fourth-order valence-corrected chi connectivity index (χ4v) is 8.06. The van der Waals surface area contributed by atoms with Crippen LogP contribution in [0.1, 0.15) is 123 Å². The van der Waals surface area contributed by atoms with Crippen LogP contribution in [0.4, 0.5) is 0 Å². The summed E-state index contributed by atoms with van der Waals surface area (Å²) in [6, 6.07) is 20.8. The summed E-state index contributed by atoms with van der Waals surface area (Å²) in [5.41, 5.74) is 4.13. The molecule has 268 valence electrons. The average Bonchev–Trinajstić information content (AvgIpc) is 3.80. The summed E-state index contributed by atoms with van der Waals surface area (Å²) >= 11 is 3.07. The number of hydrogen-bond acceptors (Lipinski definition) is 6. The molecule has 2 aromatic heterocycles. The molecule has 0 fully saturated rings. The molecule has 4 rings (SSSR count). The second kappa shape index (κ2) is 22.6. The molecule has 0 aliphatic heterocycles. The van der Waals surface area contributed by atoms with Crippen LogP contribution in [0, 0.1) is 11.8 Å². The van der Waals surface area contributed by atoms with E-state index in [4.69, 9.17) is 14.0 Å². The third kappa shape index (κ3) is 13.2. The van der Waals surface area contributed by atoms with Crippen LogP contribution in [0.2, 0.25) is 0 Å². The lowest BCUT2D eigenvalue weighted by molar-refractivity contribution is 0.299. The van der Waals surface area contributed by atoms with E-state index >= 15 is 0 Å². The maximum Gasteiger partial charge on any atom is 0.748 e. The highest BCUT2D eigenvalue weighted by Crippen LogP contribution is 2.47. The van der Waals surface area contributed by atoms with E-state index in [1.807, 2.05) is 6.07 Å². The van der Waals surface area contributed by atoms with Gasteiger partial charge in [-0.05, 0) is 73.4 Å². The molecule has 5 nitrogen and oxygen atoms in total. The average molecular weight is 734 g/mol. The summed E-state index contributed by atoms with van der Waals surface area (Å²) in [6.07, 6.45) is 17.6. The topological polar surface area (TPSA) is 65.0 Å². The number of rotatable bonds is 23. The van der Waals surface area contributed by atoms with Crippen LogP contribution in [-0.4, -0.2) is 18.1 Å². The van der Waals surface area contributed by atoms with Gasteiger partial charge in [0.1, 0.15) is 11.5 Å². The predicted octanol–water partition coefficient (Wildman–Crippen LogP) is 13.9. The molecule has 2 aromatic carbocycles. The summed E-state index contributed by atoms with van der Waals surface area (Å²) in [6.45, 7) is 7.92. The molecule has 0 aliphatic rings. The Morgan fingerprint density at radius 2 is 1.14 bits per heavy atom. The standard InChI is InChI=1S/C42H53O5PS2/c1-4-7-10-13-14-15-16-17-20-33-21-23-34(24-22-33)39-25-26-40(49-39)35-31-38(46-30-19-12-9-6-3)36(32-37(35)45-29-18-11-8-5-2)41-27-28-42(50-41)47-48(43)44/h21-28,31-32H,4-16,18-19,29-30H2,1-3H3/p+1. The highest BCUT2D eigenvalue weighted by atomic mass is 32.1. The summed E-state index contributed by atoms with van der Waals surface area (Å²) in [5.74, 6) is 8.29. The second-order valence-corrected chi connectivity index (χ2v) is 15.5. The molecule has 0 aliphatic carbocycles. The quantitative estimate of drug-likeness (QED) is 0.0467. The Bertz CT molecular complexity index is 1650. The minimum Gasteiger partial charge on any atom is -0.493 e. The molecule has 0 bridgehead atoms. The van der Waals surface area contributed by atoms with E-state index in [2.05, 4.69) is 81.1 Å². The van der Waals surface area contributed by atoms with Crippen molar-refractivity contribution in [2.45, 2.75) is 117 Å². The van der Waals surface area contributed by atoms with Crippen molar-refractivity contribution in [2.75, 3.05) is 13.2 Å². The summed E-state index contributed by atoms with van der Waals surface area (Å²) < 4.78 is 29.5. The van der Waals surface area contributed by atoms with E-state index < -0.39 is 8.25 Å². The molecule has 50 heavy (non-hydrogen) atoms. The molecule has 0 spiro atoms. The van der Waals surface area contributed by atoms with Gasteiger partial charge in [-0.2, -0.15) is 0 Å². The third-order valence-corrected chi connectivity index (χ3v) is 11.2. The van der Waals surface area contributed by atoms with Crippen molar-refractivity contribution in [3.8, 4) is 59.7 Å². The van der Waals surface area contributed by atoms with Gasteiger partial charge in [-0.15, -0.1) is 16.2 Å². The molecular weight excluding hydrogens is 680 g/mol. The lowest BCUT2D eigenvalue weighted by Crippen LogP contribution is -2.02. The van der Waals surface area contributed by atoms with Gasteiger partial charge in [0, 0.05) is 42.3 Å². The predicted molar refractivity (Wildman–Crippen MR) is 213 cm³/mol. The molecule has 0 saturated heterocycles. The normalized spacial score (nSPS) is 11.2. The number of benzene rings is 2. The monoisotopic (exact) mass is 733 g/mol. The van der Waals surface area contributed by atoms with Gasteiger partial charge in [-0.25, -0.2) is 4.52 Å². The number of ether oxygens (including phenoxy) is 2. The van der Waals surface area contributed by atoms with Gasteiger partial charge in [-0.3, -0.25) is 0 Å². The van der Waals surface area contributed by atoms with Crippen molar-refractivity contribution in [3.05, 3.63) is 66.2 Å². The third-order valence-electron chi connectivity index (χ3n) is 8.54.